The zero-order chi connectivity index (χ0) is 15.8. The van der Waals surface area contributed by atoms with Crippen molar-refractivity contribution < 1.29 is 24.6 Å². The van der Waals surface area contributed by atoms with Gasteiger partial charge in [0.2, 0.25) is 5.91 Å². The number of nitrogens with two attached hydrogens (primary N) is 1. The van der Waals surface area contributed by atoms with E-state index in [0.717, 1.165) is 18.9 Å². The minimum atomic E-state index is -1.13. The molecule has 0 aliphatic heterocycles. The highest BCUT2D eigenvalue weighted by molar-refractivity contribution is 5.93. The average Bonchev–Trinajstić information content (AvgIpc) is 2.49. The van der Waals surface area contributed by atoms with E-state index >= 15 is 0 Å². The summed E-state index contributed by atoms with van der Waals surface area (Å²) >= 11 is 0. The minimum absolute atomic E-state index is 0.0186. The molecule has 1 aromatic carbocycles. The SMILES string of the molecule is NC(=O)C1CCCCC1.O=C(O)c1cccc(C(=O)O)c1. The Morgan fingerprint density at radius 2 is 1.43 bits per heavy atom. The zero-order valence-electron chi connectivity index (χ0n) is 11.6. The Bertz CT molecular complexity index is 491. The molecule has 1 aromatic rings. The van der Waals surface area contributed by atoms with Gasteiger partial charge in [0, 0.05) is 5.92 Å². The van der Waals surface area contributed by atoms with Gasteiger partial charge in [-0.3, -0.25) is 4.79 Å². The third kappa shape index (κ3) is 5.64. The van der Waals surface area contributed by atoms with E-state index in [2.05, 4.69) is 0 Å². The van der Waals surface area contributed by atoms with Crippen LogP contribution in [0.2, 0.25) is 0 Å². The van der Waals surface area contributed by atoms with Gasteiger partial charge in [-0.15, -0.1) is 0 Å². The lowest BCUT2D eigenvalue weighted by Gasteiger charge is -2.17. The van der Waals surface area contributed by atoms with Crippen molar-refractivity contribution >= 4 is 17.8 Å². The van der Waals surface area contributed by atoms with Crippen LogP contribution >= 0.6 is 0 Å². The lowest BCUT2D eigenvalue weighted by molar-refractivity contribution is -0.122. The molecule has 0 aromatic heterocycles. The van der Waals surface area contributed by atoms with Gasteiger partial charge in [0.25, 0.3) is 0 Å². The van der Waals surface area contributed by atoms with E-state index in [1.54, 1.807) is 0 Å². The monoisotopic (exact) mass is 293 g/mol. The Balaban J connectivity index is 0.000000219. The van der Waals surface area contributed by atoms with Crippen LogP contribution in [0.1, 0.15) is 52.8 Å². The number of primary amides is 1. The molecule has 21 heavy (non-hydrogen) atoms. The van der Waals surface area contributed by atoms with Crippen LogP contribution < -0.4 is 5.73 Å². The lowest BCUT2D eigenvalue weighted by atomic mass is 9.89. The Kier molecular flexibility index (Phi) is 6.39. The maximum atomic E-state index is 10.6. The van der Waals surface area contributed by atoms with Crippen molar-refractivity contribution in [2.45, 2.75) is 32.1 Å². The highest BCUT2D eigenvalue weighted by Gasteiger charge is 2.17. The van der Waals surface area contributed by atoms with Gasteiger partial charge in [-0.1, -0.05) is 25.3 Å². The van der Waals surface area contributed by atoms with Gasteiger partial charge < -0.3 is 15.9 Å². The first-order chi connectivity index (χ1) is 9.91. The van der Waals surface area contributed by atoms with Gasteiger partial charge in [-0.25, -0.2) is 9.59 Å². The molecule has 114 valence electrons. The normalized spacial score (nSPS) is 14.7. The summed E-state index contributed by atoms with van der Waals surface area (Å²) in [6.45, 7) is 0. The topological polar surface area (TPSA) is 118 Å². The van der Waals surface area contributed by atoms with E-state index < -0.39 is 11.9 Å². The predicted molar refractivity (Wildman–Crippen MR) is 76.1 cm³/mol. The summed E-state index contributed by atoms with van der Waals surface area (Å²) in [5.41, 5.74) is 5.09. The van der Waals surface area contributed by atoms with Crippen molar-refractivity contribution in [2.24, 2.45) is 11.7 Å². The first-order valence-corrected chi connectivity index (χ1v) is 6.77. The van der Waals surface area contributed by atoms with Crippen molar-refractivity contribution in [2.75, 3.05) is 0 Å². The van der Waals surface area contributed by atoms with Crippen LogP contribution in [0, 0.1) is 5.92 Å². The van der Waals surface area contributed by atoms with E-state index in [1.807, 2.05) is 0 Å². The zero-order valence-corrected chi connectivity index (χ0v) is 11.6. The average molecular weight is 293 g/mol. The molecule has 0 bridgehead atoms. The van der Waals surface area contributed by atoms with Crippen LogP contribution in [-0.2, 0) is 4.79 Å². The smallest absolute Gasteiger partial charge is 0.335 e. The molecule has 0 unspecified atom stereocenters. The van der Waals surface area contributed by atoms with Crippen molar-refractivity contribution in [1.82, 2.24) is 0 Å². The van der Waals surface area contributed by atoms with Crippen molar-refractivity contribution in [3.63, 3.8) is 0 Å². The number of benzene rings is 1. The van der Waals surface area contributed by atoms with Crippen LogP contribution in [0.5, 0.6) is 0 Å². The molecular weight excluding hydrogens is 274 g/mol. The molecule has 1 aliphatic carbocycles. The number of amides is 1. The molecule has 0 saturated heterocycles. The van der Waals surface area contributed by atoms with Gasteiger partial charge in [0.1, 0.15) is 0 Å². The fraction of sp³-hybridized carbons (Fsp3) is 0.400. The third-order valence-corrected chi connectivity index (χ3v) is 3.36. The summed E-state index contributed by atoms with van der Waals surface area (Å²) in [7, 11) is 0. The second kappa shape index (κ2) is 8.04. The molecule has 1 saturated carbocycles. The second-order valence-electron chi connectivity index (χ2n) is 4.93. The summed E-state index contributed by atoms with van der Waals surface area (Å²) in [4.78, 5) is 31.3. The molecule has 4 N–H and O–H groups in total. The van der Waals surface area contributed by atoms with Gasteiger partial charge in [0.05, 0.1) is 11.1 Å². The van der Waals surface area contributed by atoms with E-state index in [4.69, 9.17) is 15.9 Å². The Hall–Kier alpha value is -2.37. The predicted octanol–water partition coefficient (Wildman–Crippen LogP) is 2.13. The van der Waals surface area contributed by atoms with Gasteiger partial charge in [0.15, 0.2) is 0 Å². The van der Waals surface area contributed by atoms with Crippen LogP contribution in [-0.4, -0.2) is 28.1 Å². The summed E-state index contributed by atoms with van der Waals surface area (Å²) < 4.78 is 0. The maximum Gasteiger partial charge on any atom is 0.335 e. The number of carbonyl (C=O) groups excluding carboxylic acids is 1. The molecule has 1 aliphatic rings. The Morgan fingerprint density at radius 3 is 1.76 bits per heavy atom. The van der Waals surface area contributed by atoms with E-state index in [1.165, 1.54) is 37.5 Å². The second-order valence-corrected chi connectivity index (χ2v) is 4.93. The summed E-state index contributed by atoms with van der Waals surface area (Å²) in [6.07, 6.45) is 5.70. The van der Waals surface area contributed by atoms with Gasteiger partial charge in [-0.05, 0) is 31.0 Å². The van der Waals surface area contributed by atoms with Crippen LogP contribution in [0.3, 0.4) is 0 Å². The molecule has 6 heteroatoms. The number of carbonyl (C=O) groups is 3. The Morgan fingerprint density at radius 1 is 0.952 bits per heavy atom. The van der Waals surface area contributed by atoms with Crippen LogP contribution in [0.4, 0.5) is 0 Å². The highest BCUT2D eigenvalue weighted by atomic mass is 16.4. The summed E-state index contributed by atoms with van der Waals surface area (Å²) in [5.74, 6) is -2.16. The van der Waals surface area contributed by atoms with Gasteiger partial charge in [-0.2, -0.15) is 0 Å². The van der Waals surface area contributed by atoms with Gasteiger partial charge >= 0.3 is 11.9 Å². The van der Waals surface area contributed by atoms with E-state index in [-0.39, 0.29) is 23.0 Å². The van der Waals surface area contributed by atoms with E-state index in [9.17, 15) is 14.4 Å². The van der Waals surface area contributed by atoms with Crippen molar-refractivity contribution in [3.05, 3.63) is 35.4 Å². The molecule has 0 atom stereocenters. The number of hydrogen-bond donors (Lipinski definition) is 3. The quantitative estimate of drug-likeness (QED) is 0.789. The molecular formula is C15H19NO5. The third-order valence-electron chi connectivity index (χ3n) is 3.36. The molecule has 0 spiro atoms. The maximum absolute atomic E-state index is 10.6. The van der Waals surface area contributed by atoms with Crippen molar-refractivity contribution in [3.8, 4) is 0 Å². The molecule has 0 radical (unpaired) electrons. The first kappa shape index (κ1) is 16.7. The lowest BCUT2D eigenvalue weighted by Crippen LogP contribution is -2.24. The van der Waals surface area contributed by atoms with E-state index in [0.29, 0.717) is 0 Å². The molecule has 6 nitrogen and oxygen atoms in total. The number of aromatic carboxylic acids is 2. The minimum Gasteiger partial charge on any atom is -0.478 e. The van der Waals surface area contributed by atoms with Crippen LogP contribution in [0.25, 0.3) is 0 Å². The Labute approximate surface area is 122 Å². The number of rotatable bonds is 3. The molecule has 0 heterocycles. The molecule has 1 amide bonds. The fourth-order valence-electron chi connectivity index (χ4n) is 2.17. The molecule has 2 rings (SSSR count). The molecule has 1 fully saturated rings. The van der Waals surface area contributed by atoms with Crippen molar-refractivity contribution in [1.29, 1.82) is 0 Å². The highest BCUT2D eigenvalue weighted by Crippen LogP contribution is 2.22. The summed E-state index contributed by atoms with van der Waals surface area (Å²) in [6, 6.07) is 5.20. The standard InChI is InChI=1S/C8H6O4.C7H13NO/c9-7(10)5-2-1-3-6(4-5)8(11)12;8-7(9)6-4-2-1-3-5-6/h1-4H,(H,9,10)(H,11,12);6H,1-5H2,(H2,8,9). The number of carboxylic acid groups (broad SMARTS) is 2. The fourth-order valence-corrected chi connectivity index (χ4v) is 2.17. The van der Waals surface area contributed by atoms with Crippen LogP contribution in [0.15, 0.2) is 24.3 Å². The first-order valence-electron chi connectivity index (χ1n) is 6.77. The number of hydrogen-bond acceptors (Lipinski definition) is 3. The number of carboxylic acids is 2. The summed E-state index contributed by atoms with van der Waals surface area (Å²) in [5, 5.41) is 17.0. The largest absolute Gasteiger partial charge is 0.478 e.